The van der Waals surface area contributed by atoms with E-state index in [9.17, 15) is 0 Å². The summed E-state index contributed by atoms with van der Waals surface area (Å²) in [5.41, 5.74) is 0. The van der Waals surface area contributed by atoms with Gasteiger partial charge in [-0.15, -0.1) is 0 Å². The van der Waals surface area contributed by atoms with E-state index in [1.165, 1.54) is 12.5 Å². The standard InChI is InChI=1S/C6H9O2/c1-3-7-5(1)6-2-4-8-6/h5H,1-4H2. The molecule has 0 amide bonds. The normalized spacial score (nSPS) is 38.2. The molecule has 1 radical (unpaired) electrons. The molecule has 2 heterocycles. The fraction of sp³-hybridized carbons (Fsp3) is 0.833. The maximum Gasteiger partial charge on any atom is 0.128 e. The molecule has 2 saturated heterocycles. The van der Waals surface area contributed by atoms with Gasteiger partial charge in [0.2, 0.25) is 0 Å². The summed E-state index contributed by atoms with van der Waals surface area (Å²) in [5, 5.41) is 0. The van der Waals surface area contributed by atoms with Crippen molar-refractivity contribution in [2.75, 3.05) is 13.2 Å². The molecule has 2 aliphatic rings. The minimum Gasteiger partial charge on any atom is -0.375 e. The third kappa shape index (κ3) is 0.565. The summed E-state index contributed by atoms with van der Waals surface area (Å²) in [6.45, 7) is 1.84. The van der Waals surface area contributed by atoms with Gasteiger partial charge in [0.1, 0.15) is 6.10 Å². The van der Waals surface area contributed by atoms with Gasteiger partial charge >= 0.3 is 0 Å². The summed E-state index contributed by atoms with van der Waals surface area (Å²) in [6.07, 6.45) is 3.86. The fourth-order valence-corrected chi connectivity index (χ4v) is 0.963. The van der Waals surface area contributed by atoms with Crippen LogP contribution in [0.25, 0.3) is 0 Å². The Bertz CT molecular complexity index is 72.5. The molecular formula is C6H9O2. The van der Waals surface area contributed by atoms with Gasteiger partial charge in [0.15, 0.2) is 0 Å². The van der Waals surface area contributed by atoms with Crippen LogP contribution in [0.1, 0.15) is 12.8 Å². The quantitative estimate of drug-likeness (QED) is 0.499. The van der Waals surface area contributed by atoms with Gasteiger partial charge in [-0.05, 0) is 6.42 Å². The Balaban J connectivity index is 1.79. The second kappa shape index (κ2) is 1.71. The molecule has 0 aromatic carbocycles. The van der Waals surface area contributed by atoms with E-state index < -0.39 is 0 Å². The molecule has 2 rings (SSSR count). The van der Waals surface area contributed by atoms with E-state index in [0.29, 0.717) is 6.10 Å². The van der Waals surface area contributed by atoms with Crippen molar-refractivity contribution in [1.82, 2.24) is 0 Å². The lowest BCUT2D eigenvalue weighted by atomic mass is 10.0. The van der Waals surface area contributed by atoms with Crippen LogP contribution in [0.3, 0.4) is 0 Å². The molecule has 1 atom stereocenters. The second-order valence-electron chi connectivity index (χ2n) is 2.21. The molecule has 0 aromatic heterocycles. The van der Waals surface area contributed by atoms with Crippen LogP contribution < -0.4 is 0 Å². The highest BCUT2D eigenvalue weighted by Gasteiger charge is 2.34. The summed E-state index contributed by atoms with van der Waals surface area (Å²) in [6, 6.07) is 0. The molecule has 0 bridgehead atoms. The Morgan fingerprint density at radius 2 is 2.12 bits per heavy atom. The third-order valence-corrected chi connectivity index (χ3v) is 1.69. The zero-order chi connectivity index (χ0) is 5.40. The predicted molar refractivity (Wildman–Crippen MR) is 28.2 cm³/mol. The molecule has 8 heavy (non-hydrogen) atoms. The van der Waals surface area contributed by atoms with Crippen molar-refractivity contribution in [2.24, 2.45) is 0 Å². The van der Waals surface area contributed by atoms with E-state index >= 15 is 0 Å². The Labute approximate surface area is 48.8 Å². The fourth-order valence-electron chi connectivity index (χ4n) is 0.963. The summed E-state index contributed by atoms with van der Waals surface area (Å²) in [7, 11) is 0. The van der Waals surface area contributed by atoms with Crippen LogP contribution >= 0.6 is 0 Å². The first-order valence-electron chi connectivity index (χ1n) is 3.07. The zero-order valence-electron chi connectivity index (χ0n) is 4.72. The molecule has 2 fully saturated rings. The lowest BCUT2D eigenvalue weighted by Crippen LogP contribution is -2.39. The minimum absolute atomic E-state index is 0.378. The van der Waals surface area contributed by atoms with Crippen molar-refractivity contribution >= 4 is 0 Å². The van der Waals surface area contributed by atoms with Crippen molar-refractivity contribution in [3.63, 3.8) is 0 Å². The van der Waals surface area contributed by atoms with Crippen molar-refractivity contribution in [3.05, 3.63) is 6.10 Å². The molecule has 2 heteroatoms. The van der Waals surface area contributed by atoms with Gasteiger partial charge in [-0.3, -0.25) is 0 Å². The van der Waals surface area contributed by atoms with Crippen molar-refractivity contribution in [1.29, 1.82) is 0 Å². The smallest absolute Gasteiger partial charge is 0.128 e. The number of hydrogen-bond acceptors (Lipinski definition) is 2. The van der Waals surface area contributed by atoms with E-state index in [1.54, 1.807) is 0 Å². The largest absolute Gasteiger partial charge is 0.375 e. The monoisotopic (exact) mass is 113 g/mol. The average molecular weight is 113 g/mol. The van der Waals surface area contributed by atoms with Crippen molar-refractivity contribution in [3.8, 4) is 0 Å². The van der Waals surface area contributed by atoms with Crippen molar-refractivity contribution in [2.45, 2.75) is 18.9 Å². The highest BCUT2D eigenvalue weighted by atomic mass is 16.6. The van der Waals surface area contributed by atoms with Gasteiger partial charge in [0.05, 0.1) is 12.7 Å². The molecule has 0 aliphatic carbocycles. The van der Waals surface area contributed by atoms with E-state index in [4.69, 9.17) is 9.47 Å². The van der Waals surface area contributed by atoms with Gasteiger partial charge in [0.25, 0.3) is 0 Å². The first-order chi connectivity index (χ1) is 3.97. The van der Waals surface area contributed by atoms with Crippen LogP contribution in [0.4, 0.5) is 0 Å². The maximum absolute atomic E-state index is 5.17. The summed E-state index contributed by atoms with van der Waals surface area (Å²) in [5.74, 6) is 0. The van der Waals surface area contributed by atoms with Crippen LogP contribution in [0.5, 0.6) is 0 Å². The van der Waals surface area contributed by atoms with E-state index in [-0.39, 0.29) is 0 Å². The van der Waals surface area contributed by atoms with Gasteiger partial charge in [-0.1, -0.05) is 0 Å². The lowest BCUT2D eigenvalue weighted by molar-refractivity contribution is -0.124. The Hall–Kier alpha value is -0.0800. The van der Waals surface area contributed by atoms with Gasteiger partial charge < -0.3 is 9.47 Å². The van der Waals surface area contributed by atoms with E-state index in [1.807, 2.05) is 0 Å². The minimum atomic E-state index is 0.378. The highest BCUT2D eigenvalue weighted by molar-refractivity contribution is 4.97. The Kier molecular flexibility index (Phi) is 1.02. The predicted octanol–water partition coefficient (Wildman–Crippen LogP) is 0.728. The average Bonchev–Trinajstić information content (AvgIpc) is 1.47. The van der Waals surface area contributed by atoms with Crippen LogP contribution in [0, 0.1) is 6.10 Å². The molecule has 0 N–H and O–H groups in total. The Morgan fingerprint density at radius 1 is 1.38 bits per heavy atom. The first kappa shape index (κ1) is 4.77. The number of rotatable bonds is 1. The van der Waals surface area contributed by atoms with Gasteiger partial charge in [0, 0.05) is 13.0 Å². The maximum atomic E-state index is 5.17. The highest BCUT2D eigenvalue weighted by Crippen LogP contribution is 2.31. The molecule has 45 valence electrons. The molecule has 0 aromatic rings. The molecule has 2 aliphatic heterocycles. The molecular weight excluding hydrogens is 104 g/mol. The van der Waals surface area contributed by atoms with Crippen molar-refractivity contribution < 1.29 is 9.47 Å². The van der Waals surface area contributed by atoms with Gasteiger partial charge in [-0.2, -0.15) is 0 Å². The number of hydrogen-bond donors (Lipinski definition) is 0. The van der Waals surface area contributed by atoms with Crippen LogP contribution in [0.15, 0.2) is 0 Å². The van der Waals surface area contributed by atoms with Crippen LogP contribution in [-0.4, -0.2) is 19.3 Å². The SMILES string of the molecule is C1C[C](C2CCO2)O1. The molecule has 1 unspecified atom stereocenters. The summed E-state index contributed by atoms with van der Waals surface area (Å²) < 4.78 is 10.3. The Morgan fingerprint density at radius 3 is 2.25 bits per heavy atom. The van der Waals surface area contributed by atoms with Gasteiger partial charge in [-0.25, -0.2) is 0 Å². The van der Waals surface area contributed by atoms with E-state index in [0.717, 1.165) is 19.6 Å². The third-order valence-electron chi connectivity index (χ3n) is 1.69. The summed E-state index contributed by atoms with van der Waals surface area (Å²) in [4.78, 5) is 0. The molecule has 2 nitrogen and oxygen atoms in total. The van der Waals surface area contributed by atoms with Crippen LogP contribution in [0.2, 0.25) is 0 Å². The second-order valence-corrected chi connectivity index (χ2v) is 2.21. The molecule has 0 spiro atoms. The van der Waals surface area contributed by atoms with E-state index in [2.05, 4.69) is 0 Å². The van der Waals surface area contributed by atoms with Crippen LogP contribution in [-0.2, 0) is 9.47 Å². The molecule has 0 saturated carbocycles. The summed E-state index contributed by atoms with van der Waals surface area (Å²) >= 11 is 0. The number of ether oxygens (including phenoxy) is 2. The topological polar surface area (TPSA) is 18.5 Å². The lowest BCUT2D eigenvalue weighted by Gasteiger charge is -2.37. The first-order valence-corrected chi connectivity index (χ1v) is 3.07. The zero-order valence-corrected chi connectivity index (χ0v) is 4.72.